The number of esters is 1. The lowest BCUT2D eigenvalue weighted by Gasteiger charge is -2.06. The number of fused-ring (bicyclic) bond motifs is 1. The molecule has 4 aromatic rings. The average Bonchev–Trinajstić information content (AvgIpc) is 2.69. The van der Waals surface area contributed by atoms with E-state index in [1.807, 2.05) is 12.1 Å². The van der Waals surface area contributed by atoms with Crippen molar-refractivity contribution in [2.45, 2.75) is 0 Å². The molecule has 0 aliphatic rings. The van der Waals surface area contributed by atoms with Crippen LogP contribution in [-0.4, -0.2) is 15.9 Å². The standard InChI is InChI=1S/C21H14N2O3/c24-20-17-8-4-5-9-18(17)22-19(23-20)14-10-12-16(13-11-14)26-21(25)15-6-2-1-3-7-15/h1-13H,(H,22,23,24). The van der Waals surface area contributed by atoms with Crippen LogP contribution in [0.2, 0.25) is 0 Å². The third kappa shape index (κ3) is 3.10. The smallest absolute Gasteiger partial charge is 0.343 e. The highest BCUT2D eigenvalue weighted by Gasteiger charge is 2.09. The van der Waals surface area contributed by atoms with Gasteiger partial charge in [-0.25, -0.2) is 9.78 Å². The van der Waals surface area contributed by atoms with Gasteiger partial charge in [0.2, 0.25) is 0 Å². The molecule has 5 heteroatoms. The number of aromatic amines is 1. The van der Waals surface area contributed by atoms with Gasteiger partial charge in [-0.2, -0.15) is 0 Å². The Balaban J connectivity index is 1.60. The predicted octanol–water partition coefficient (Wildman–Crippen LogP) is 3.81. The minimum Gasteiger partial charge on any atom is -0.423 e. The van der Waals surface area contributed by atoms with E-state index in [1.165, 1.54) is 0 Å². The average molecular weight is 342 g/mol. The Hall–Kier alpha value is -3.73. The van der Waals surface area contributed by atoms with Gasteiger partial charge in [-0.05, 0) is 48.5 Å². The van der Waals surface area contributed by atoms with Crippen molar-refractivity contribution in [1.82, 2.24) is 9.97 Å². The molecule has 0 saturated carbocycles. The highest BCUT2D eigenvalue weighted by Crippen LogP contribution is 2.21. The van der Waals surface area contributed by atoms with Crippen LogP contribution >= 0.6 is 0 Å². The van der Waals surface area contributed by atoms with E-state index < -0.39 is 5.97 Å². The molecule has 0 bridgehead atoms. The van der Waals surface area contributed by atoms with Gasteiger partial charge in [0, 0.05) is 5.56 Å². The van der Waals surface area contributed by atoms with E-state index in [0.717, 1.165) is 5.56 Å². The van der Waals surface area contributed by atoms with E-state index in [0.29, 0.717) is 28.0 Å². The maximum absolute atomic E-state index is 12.2. The maximum atomic E-state index is 12.2. The second kappa shape index (κ2) is 6.64. The van der Waals surface area contributed by atoms with Crippen molar-refractivity contribution < 1.29 is 9.53 Å². The summed E-state index contributed by atoms with van der Waals surface area (Å²) >= 11 is 0. The van der Waals surface area contributed by atoms with Crippen molar-refractivity contribution in [3.05, 3.63) is 94.8 Å². The van der Waals surface area contributed by atoms with Gasteiger partial charge in [0.25, 0.3) is 5.56 Å². The molecule has 0 aliphatic heterocycles. The quantitative estimate of drug-likeness (QED) is 0.454. The van der Waals surface area contributed by atoms with Crippen LogP contribution in [0.4, 0.5) is 0 Å². The number of ether oxygens (including phenoxy) is 1. The molecule has 0 amide bonds. The number of hydrogen-bond donors (Lipinski definition) is 1. The number of benzene rings is 3. The fraction of sp³-hybridized carbons (Fsp3) is 0. The Kier molecular flexibility index (Phi) is 4.03. The molecule has 0 fully saturated rings. The van der Waals surface area contributed by atoms with Crippen LogP contribution in [0, 0.1) is 0 Å². The second-order valence-corrected chi connectivity index (χ2v) is 5.71. The van der Waals surface area contributed by atoms with E-state index in [-0.39, 0.29) is 5.56 Å². The summed E-state index contributed by atoms with van der Waals surface area (Å²) in [5.74, 6) is 0.468. The van der Waals surface area contributed by atoms with Gasteiger partial charge in [0.1, 0.15) is 11.6 Å². The van der Waals surface area contributed by atoms with Crippen molar-refractivity contribution in [3.8, 4) is 17.1 Å². The number of carbonyl (C=O) groups excluding carboxylic acids is 1. The van der Waals surface area contributed by atoms with Crippen LogP contribution in [0.15, 0.2) is 83.7 Å². The SMILES string of the molecule is O=C(Oc1ccc(-c2nc3ccccc3c(=O)[nH]2)cc1)c1ccccc1. The molecule has 3 aromatic carbocycles. The predicted molar refractivity (Wildman–Crippen MR) is 99.2 cm³/mol. The topological polar surface area (TPSA) is 72.0 Å². The third-order valence-electron chi connectivity index (χ3n) is 3.96. The number of rotatable bonds is 3. The van der Waals surface area contributed by atoms with Crippen LogP contribution in [0.1, 0.15) is 10.4 Å². The minimum absolute atomic E-state index is 0.190. The molecule has 0 spiro atoms. The maximum Gasteiger partial charge on any atom is 0.343 e. The van der Waals surface area contributed by atoms with Crippen LogP contribution in [0.25, 0.3) is 22.3 Å². The van der Waals surface area contributed by atoms with Crippen molar-refractivity contribution in [2.24, 2.45) is 0 Å². The Morgan fingerprint density at radius 1 is 0.846 bits per heavy atom. The van der Waals surface area contributed by atoms with Gasteiger partial charge < -0.3 is 9.72 Å². The first-order chi connectivity index (χ1) is 12.7. The lowest BCUT2D eigenvalue weighted by atomic mass is 10.2. The summed E-state index contributed by atoms with van der Waals surface area (Å²) in [4.78, 5) is 31.5. The number of carbonyl (C=O) groups is 1. The van der Waals surface area contributed by atoms with Gasteiger partial charge in [-0.15, -0.1) is 0 Å². The number of nitrogens with zero attached hydrogens (tertiary/aromatic N) is 1. The van der Waals surface area contributed by atoms with Crippen LogP contribution < -0.4 is 10.3 Å². The second-order valence-electron chi connectivity index (χ2n) is 5.71. The van der Waals surface area contributed by atoms with Crippen LogP contribution in [0.3, 0.4) is 0 Å². The molecule has 1 N–H and O–H groups in total. The summed E-state index contributed by atoms with van der Waals surface area (Å²) in [6, 6.07) is 22.8. The molecule has 0 unspecified atom stereocenters. The molecule has 4 rings (SSSR count). The van der Waals surface area contributed by atoms with Crippen LogP contribution in [-0.2, 0) is 0 Å². The van der Waals surface area contributed by atoms with Crippen molar-refractivity contribution in [2.75, 3.05) is 0 Å². The third-order valence-corrected chi connectivity index (χ3v) is 3.96. The molecule has 0 atom stereocenters. The van der Waals surface area contributed by atoms with Crippen LogP contribution in [0.5, 0.6) is 5.75 Å². The Morgan fingerprint density at radius 2 is 1.54 bits per heavy atom. The number of hydrogen-bond acceptors (Lipinski definition) is 4. The molecule has 5 nitrogen and oxygen atoms in total. The molecular weight excluding hydrogens is 328 g/mol. The summed E-state index contributed by atoms with van der Waals surface area (Å²) in [6.07, 6.45) is 0. The van der Waals surface area contributed by atoms with Crippen molar-refractivity contribution in [1.29, 1.82) is 0 Å². The molecule has 0 saturated heterocycles. The minimum atomic E-state index is -0.421. The van der Waals surface area contributed by atoms with Gasteiger partial charge >= 0.3 is 5.97 Å². The van der Waals surface area contributed by atoms with Crippen molar-refractivity contribution >= 4 is 16.9 Å². The zero-order valence-electron chi connectivity index (χ0n) is 13.7. The lowest BCUT2D eigenvalue weighted by Crippen LogP contribution is -2.09. The number of nitrogens with one attached hydrogen (secondary N) is 1. The first-order valence-corrected chi connectivity index (χ1v) is 8.07. The van der Waals surface area contributed by atoms with Gasteiger partial charge in [0.15, 0.2) is 0 Å². The molecule has 1 aromatic heterocycles. The summed E-state index contributed by atoms with van der Waals surface area (Å²) in [6.45, 7) is 0. The summed E-state index contributed by atoms with van der Waals surface area (Å²) in [7, 11) is 0. The summed E-state index contributed by atoms with van der Waals surface area (Å²) in [5, 5.41) is 0.546. The van der Waals surface area contributed by atoms with Gasteiger partial charge in [-0.1, -0.05) is 30.3 Å². The fourth-order valence-electron chi connectivity index (χ4n) is 2.64. The van der Waals surface area contributed by atoms with E-state index in [2.05, 4.69) is 9.97 Å². The molecule has 0 radical (unpaired) electrons. The molecule has 26 heavy (non-hydrogen) atoms. The number of aromatic nitrogens is 2. The molecule has 0 aliphatic carbocycles. The first kappa shape index (κ1) is 15.8. The molecule has 1 heterocycles. The van der Waals surface area contributed by atoms with Gasteiger partial charge in [-0.3, -0.25) is 4.79 Å². The highest BCUT2D eigenvalue weighted by atomic mass is 16.5. The van der Waals surface area contributed by atoms with Gasteiger partial charge in [0.05, 0.1) is 16.5 Å². The normalized spacial score (nSPS) is 10.6. The summed E-state index contributed by atoms with van der Waals surface area (Å²) < 4.78 is 5.35. The summed E-state index contributed by atoms with van der Waals surface area (Å²) in [5.41, 5.74) is 1.65. The largest absolute Gasteiger partial charge is 0.423 e. The Labute approximate surface area is 148 Å². The van der Waals surface area contributed by atoms with E-state index in [1.54, 1.807) is 66.7 Å². The number of H-pyrrole nitrogens is 1. The molecule has 126 valence electrons. The first-order valence-electron chi connectivity index (χ1n) is 8.07. The van der Waals surface area contributed by atoms with E-state index >= 15 is 0 Å². The number of para-hydroxylation sites is 1. The Bertz CT molecular complexity index is 1130. The Morgan fingerprint density at radius 3 is 2.31 bits per heavy atom. The lowest BCUT2D eigenvalue weighted by molar-refractivity contribution is 0.0735. The van der Waals surface area contributed by atoms with E-state index in [4.69, 9.17) is 4.74 Å². The monoisotopic (exact) mass is 342 g/mol. The zero-order valence-corrected chi connectivity index (χ0v) is 13.7. The zero-order chi connectivity index (χ0) is 17.9. The fourth-order valence-corrected chi connectivity index (χ4v) is 2.64. The highest BCUT2D eigenvalue weighted by molar-refractivity contribution is 5.91. The van der Waals surface area contributed by atoms with Crippen molar-refractivity contribution in [3.63, 3.8) is 0 Å². The molecular formula is C21H14N2O3. The van der Waals surface area contributed by atoms with E-state index in [9.17, 15) is 9.59 Å².